The fraction of sp³-hybridized carbons (Fsp3) is 0.957. The van der Waals surface area contributed by atoms with Crippen LogP contribution in [0.2, 0.25) is 0 Å². The number of esters is 1. The molecule has 0 aliphatic rings. The maximum Gasteiger partial charge on any atom is 0.307 e. The predicted octanol–water partition coefficient (Wildman–Crippen LogP) is 0.345. The van der Waals surface area contributed by atoms with Gasteiger partial charge < -0.3 is 52.1 Å². The van der Waals surface area contributed by atoms with Gasteiger partial charge in [0.05, 0.1) is 139 Å². The van der Waals surface area contributed by atoms with Crippen molar-refractivity contribution in [2.75, 3.05) is 140 Å². The van der Waals surface area contributed by atoms with Crippen LogP contribution < -0.4 is 0 Å². The Kier molecular flexibility index (Phi) is 30.3. The molecule has 0 aromatic carbocycles. The second-order valence-electron chi connectivity index (χ2n) is 6.83. The molecule has 0 saturated heterocycles. The summed E-state index contributed by atoms with van der Waals surface area (Å²) in [7, 11) is 2.99. The van der Waals surface area contributed by atoms with Gasteiger partial charge in [0.2, 0.25) is 0 Å². The average molecular weight is 515 g/mol. The second-order valence-corrected chi connectivity index (χ2v) is 6.83. The summed E-state index contributed by atoms with van der Waals surface area (Å²) in [5.74, 6) is -0.283. The van der Waals surface area contributed by atoms with E-state index in [-0.39, 0.29) is 12.4 Å². The number of rotatable bonds is 30. The molecule has 0 aliphatic carbocycles. The highest BCUT2D eigenvalue weighted by Crippen LogP contribution is 1.88. The first-order valence-electron chi connectivity index (χ1n) is 12.1. The highest BCUT2D eigenvalue weighted by Gasteiger charge is 1.99. The Balaban J connectivity index is 3.02. The molecule has 0 aliphatic heterocycles. The van der Waals surface area contributed by atoms with Crippen molar-refractivity contribution in [3.63, 3.8) is 0 Å². The van der Waals surface area contributed by atoms with Crippen molar-refractivity contribution in [2.24, 2.45) is 0 Å². The van der Waals surface area contributed by atoms with Crippen LogP contribution in [0.15, 0.2) is 0 Å². The van der Waals surface area contributed by atoms with Crippen molar-refractivity contribution in [1.82, 2.24) is 0 Å². The summed E-state index contributed by atoms with van der Waals surface area (Å²) in [6.45, 7) is 9.59. The molecule has 0 unspecified atom stereocenters. The van der Waals surface area contributed by atoms with Crippen molar-refractivity contribution >= 4 is 5.97 Å². The van der Waals surface area contributed by atoms with Crippen molar-refractivity contribution in [3.05, 3.63) is 0 Å². The molecule has 0 aromatic rings. The van der Waals surface area contributed by atoms with Crippen LogP contribution in [-0.2, 0) is 56.9 Å². The molecule has 0 atom stereocenters. The molecule has 35 heavy (non-hydrogen) atoms. The average Bonchev–Trinajstić information content (AvgIpc) is 2.87. The maximum absolute atomic E-state index is 10.9. The number of carbonyl (C=O) groups is 1. The van der Waals surface area contributed by atoms with E-state index in [2.05, 4.69) is 4.74 Å². The molecule has 0 N–H and O–H groups in total. The van der Waals surface area contributed by atoms with Gasteiger partial charge in [-0.05, 0) is 0 Å². The summed E-state index contributed by atoms with van der Waals surface area (Å²) in [5.41, 5.74) is 0. The number of carbonyl (C=O) groups excluding carboxylic acids is 1. The first-order chi connectivity index (χ1) is 17.3. The van der Waals surface area contributed by atoms with E-state index in [0.717, 1.165) is 0 Å². The topological polar surface area (TPSA) is 119 Å². The first kappa shape index (κ1) is 34.1. The smallest absolute Gasteiger partial charge is 0.307 e. The summed E-state index contributed by atoms with van der Waals surface area (Å²) in [6, 6.07) is 0. The fourth-order valence-electron chi connectivity index (χ4n) is 2.26. The SMILES string of the molecule is COCCOCCOCCOCCOCCOCCOCCOCCOCCOCCC(=O)OC. The predicted molar refractivity (Wildman–Crippen MR) is 126 cm³/mol. The minimum Gasteiger partial charge on any atom is -0.469 e. The van der Waals surface area contributed by atoms with Crippen molar-refractivity contribution in [3.8, 4) is 0 Å². The molecule has 210 valence electrons. The lowest BCUT2D eigenvalue weighted by atomic mass is 10.5. The molecule has 0 fully saturated rings. The number of hydrogen-bond acceptors (Lipinski definition) is 12. The van der Waals surface area contributed by atoms with Gasteiger partial charge in [0.1, 0.15) is 0 Å². The van der Waals surface area contributed by atoms with Crippen LogP contribution in [0.5, 0.6) is 0 Å². The van der Waals surface area contributed by atoms with Crippen molar-refractivity contribution in [2.45, 2.75) is 6.42 Å². The van der Waals surface area contributed by atoms with Gasteiger partial charge in [0.15, 0.2) is 0 Å². The monoisotopic (exact) mass is 514 g/mol. The molecule has 0 saturated carbocycles. The Morgan fingerprint density at radius 3 is 0.829 bits per heavy atom. The Labute approximate surface area is 209 Å². The van der Waals surface area contributed by atoms with Crippen LogP contribution >= 0.6 is 0 Å². The van der Waals surface area contributed by atoms with Gasteiger partial charge in [-0.3, -0.25) is 4.79 Å². The third kappa shape index (κ3) is 31.0. The van der Waals surface area contributed by atoms with Crippen LogP contribution in [0.3, 0.4) is 0 Å². The molecule has 0 heterocycles. The second kappa shape index (κ2) is 31.1. The molecular formula is C23H46O12. The number of methoxy groups -OCH3 is 2. The normalized spacial score (nSPS) is 11.3. The standard InChI is InChI=1S/C23H46O12/c1-25-5-6-28-9-10-30-13-14-32-17-18-34-21-22-35-20-19-33-16-15-31-12-11-29-8-7-27-4-3-23(24)26-2/h3-22H2,1-2H3. The van der Waals surface area contributed by atoms with E-state index in [9.17, 15) is 4.79 Å². The van der Waals surface area contributed by atoms with Crippen LogP contribution in [0, 0.1) is 0 Å². The van der Waals surface area contributed by atoms with E-state index in [0.29, 0.717) is 126 Å². The molecule has 0 aromatic heterocycles. The van der Waals surface area contributed by atoms with Gasteiger partial charge in [-0.1, -0.05) is 0 Å². The molecule has 0 amide bonds. The summed E-state index contributed by atoms with van der Waals surface area (Å²) in [6.07, 6.45) is 0.249. The van der Waals surface area contributed by atoms with E-state index >= 15 is 0 Å². The molecule has 0 spiro atoms. The summed E-state index contributed by atoms with van der Waals surface area (Å²) in [5, 5.41) is 0. The minimum absolute atomic E-state index is 0.249. The Morgan fingerprint density at radius 1 is 0.371 bits per heavy atom. The van der Waals surface area contributed by atoms with E-state index < -0.39 is 0 Å². The number of hydrogen-bond donors (Lipinski definition) is 0. The van der Waals surface area contributed by atoms with Gasteiger partial charge in [0.25, 0.3) is 0 Å². The van der Waals surface area contributed by atoms with Gasteiger partial charge in [-0.2, -0.15) is 0 Å². The van der Waals surface area contributed by atoms with Crippen LogP contribution in [0.4, 0.5) is 0 Å². The zero-order valence-corrected chi connectivity index (χ0v) is 21.5. The Morgan fingerprint density at radius 2 is 0.600 bits per heavy atom. The van der Waals surface area contributed by atoms with Gasteiger partial charge in [-0.25, -0.2) is 0 Å². The zero-order chi connectivity index (χ0) is 25.5. The van der Waals surface area contributed by atoms with E-state index in [1.807, 2.05) is 0 Å². The molecule has 0 rings (SSSR count). The van der Waals surface area contributed by atoms with Crippen molar-refractivity contribution in [1.29, 1.82) is 0 Å². The van der Waals surface area contributed by atoms with Gasteiger partial charge in [-0.15, -0.1) is 0 Å². The Hall–Kier alpha value is -0.930. The van der Waals surface area contributed by atoms with Crippen molar-refractivity contribution < 1.29 is 56.9 Å². The first-order valence-corrected chi connectivity index (χ1v) is 12.1. The number of ether oxygens (including phenoxy) is 11. The summed E-state index contributed by atoms with van der Waals surface area (Å²) >= 11 is 0. The zero-order valence-electron chi connectivity index (χ0n) is 21.5. The molecule has 12 nitrogen and oxygen atoms in total. The highest BCUT2D eigenvalue weighted by molar-refractivity contribution is 5.69. The summed E-state index contributed by atoms with van der Waals surface area (Å²) in [4.78, 5) is 10.9. The quantitative estimate of drug-likeness (QED) is 0.0972. The molecule has 0 radical (unpaired) electrons. The summed E-state index contributed by atoms with van der Waals surface area (Å²) < 4.78 is 57.7. The third-order valence-corrected chi connectivity index (χ3v) is 4.09. The lowest BCUT2D eigenvalue weighted by molar-refractivity contribution is -0.141. The molecule has 12 heteroatoms. The largest absolute Gasteiger partial charge is 0.469 e. The minimum atomic E-state index is -0.283. The van der Waals surface area contributed by atoms with Crippen LogP contribution in [-0.4, -0.2) is 146 Å². The molecular weight excluding hydrogens is 468 g/mol. The Bertz CT molecular complexity index is 414. The lowest BCUT2D eigenvalue weighted by Crippen LogP contribution is -2.15. The maximum atomic E-state index is 10.9. The van der Waals surface area contributed by atoms with Gasteiger partial charge in [0, 0.05) is 7.11 Å². The van der Waals surface area contributed by atoms with E-state index in [4.69, 9.17) is 47.4 Å². The molecule has 0 bridgehead atoms. The van der Waals surface area contributed by atoms with E-state index in [1.54, 1.807) is 7.11 Å². The van der Waals surface area contributed by atoms with Crippen LogP contribution in [0.1, 0.15) is 6.42 Å². The fourth-order valence-corrected chi connectivity index (χ4v) is 2.26. The third-order valence-electron chi connectivity index (χ3n) is 4.09. The van der Waals surface area contributed by atoms with E-state index in [1.165, 1.54) is 7.11 Å². The lowest BCUT2D eigenvalue weighted by Gasteiger charge is -2.09. The van der Waals surface area contributed by atoms with Crippen LogP contribution in [0.25, 0.3) is 0 Å². The van der Waals surface area contributed by atoms with Gasteiger partial charge >= 0.3 is 5.97 Å². The highest BCUT2D eigenvalue weighted by atomic mass is 16.6.